The lowest BCUT2D eigenvalue weighted by molar-refractivity contribution is -0.297. The first kappa shape index (κ1) is 13.8. The summed E-state index contributed by atoms with van der Waals surface area (Å²) in [5, 5.41) is 25.1. The Morgan fingerprint density at radius 2 is 2.15 bits per heavy atom. The Morgan fingerprint density at radius 1 is 1.69 bits per heavy atom. The second kappa shape index (κ2) is 8.34. The number of aliphatic hydroxyl groups is 1. The molecule has 0 saturated heterocycles. The molecule has 13 heavy (non-hydrogen) atoms. The lowest BCUT2D eigenvalue weighted by Gasteiger charge is -1.96. The van der Waals surface area contributed by atoms with Gasteiger partial charge in [0.25, 0.3) is 0 Å². The van der Waals surface area contributed by atoms with Gasteiger partial charge in [-0.15, -0.1) is 0 Å². The van der Waals surface area contributed by atoms with Crippen LogP contribution in [0.15, 0.2) is 0 Å². The van der Waals surface area contributed by atoms with E-state index in [9.17, 15) is 14.7 Å². The SMILES string of the molecule is N=[N+]=CC(=O)[O-].N[C@@H](CO)C(=O)O. The van der Waals surface area contributed by atoms with Crippen molar-refractivity contribution in [3.8, 4) is 0 Å². The summed E-state index contributed by atoms with van der Waals surface area (Å²) in [5.41, 5.74) is 10.6. The maximum atomic E-state index is 9.65. The number of carbonyl (C=O) groups is 2. The van der Waals surface area contributed by atoms with Crippen molar-refractivity contribution in [2.75, 3.05) is 6.61 Å². The molecule has 1 atom stereocenters. The van der Waals surface area contributed by atoms with Crippen molar-refractivity contribution in [1.29, 1.82) is 5.53 Å². The topological polar surface area (TPSA) is 162 Å². The normalized spacial score (nSPS) is 10.0. The van der Waals surface area contributed by atoms with Crippen molar-refractivity contribution < 1.29 is 29.7 Å². The Bertz CT molecular complexity index is 222. The van der Waals surface area contributed by atoms with E-state index in [1.807, 2.05) is 0 Å². The summed E-state index contributed by atoms with van der Waals surface area (Å²) >= 11 is 0. The maximum absolute atomic E-state index is 9.65. The molecule has 0 aromatic heterocycles. The number of aliphatic hydroxyl groups excluding tert-OH is 1. The van der Waals surface area contributed by atoms with Crippen molar-refractivity contribution >= 4 is 18.2 Å². The van der Waals surface area contributed by atoms with Crippen LogP contribution in [0.1, 0.15) is 0 Å². The molecule has 8 nitrogen and oxygen atoms in total. The Morgan fingerprint density at radius 3 is 2.15 bits per heavy atom. The fraction of sp³-hybridized carbons (Fsp3) is 0.400. The summed E-state index contributed by atoms with van der Waals surface area (Å²) in [5.74, 6) is -2.62. The van der Waals surface area contributed by atoms with E-state index < -0.39 is 24.6 Å². The van der Waals surface area contributed by atoms with E-state index in [1.165, 1.54) is 0 Å². The summed E-state index contributed by atoms with van der Waals surface area (Å²) in [4.78, 5) is 21.3. The lowest BCUT2D eigenvalue weighted by atomic mass is 10.3. The van der Waals surface area contributed by atoms with E-state index in [1.54, 1.807) is 0 Å². The van der Waals surface area contributed by atoms with Crippen LogP contribution in [0.5, 0.6) is 0 Å². The number of carbonyl (C=O) groups excluding carboxylic acids is 1. The zero-order valence-corrected chi connectivity index (χ0v) is 6.51. The molecule has 0 heterocycles. The van der Waals surface area contributed by atoms with Crippen LogP contribution < -0.4 is 10.8 Å². The minimum atomic E-state index is -1.44. The van der Waals surface area contributed by atoms with Gasteiger partial charge in [0.15, 0.2) is 5.97 Å². The highest BCUT2D eigenvalue weighted by atomic mass is 16.4. The number of nitrogens with two attached hydrogens (primary N) is 1. The molecule has 0 aliphatic heterocycles. The second-order valence-electron chi connectivity index (χ2n) is 1.70. The summed E-state index contributed by atoms with van der Waals surface area (Å²) in [7, 11) is 0. The number of carboxylic acid groups (broad SMARTS) is 2. The van der Waals surface area contributed by atoms with Crippen molar-refractivity contribution in [3.63, 3.8) is 0 Å². The number of aliphatic carboxylic acids is 2. The zero-order chi connectivity index (χ0) is 10.9. The predicted molar refractivity (Wildman–Crippen MR) is 36.7 cm³/mol. The molecule has 0 aliphatic rings. The van der Waals surface area contributed by atoms with Gasteiger partial charge in [0.2, 0.25) is 0 Å². The van der Waals surface area contributed by atoms with Crippen molar-refractivity contribution in [2.24, 2.45) is 5.73 Å². The summed E-state index contributed by atoms with van der Waals surface area (Å²) in [6.07, 6.45) is 0.389. The molecule has 0 radical (unpaired) electrons. The first-order valence-electron chi connectivity index (χ1n) is 2.95. The Kier molecular flexibility index (Phi) is 8.85. The zero-order valence-electron chi connectivity index (χ0n) is 6.51. The third-order valence-corrected chi connectivity index (χ3v) is 0.684. The number of nitrogens with one attached hydrogen (secondary N) is 1. The summed E-state index contributed by atoms with van der Waals surface area (Å²) in [6, 6.07) is -1.13. The van der Waals surface area contributed by atoms with E-state index >= 15 is 0 Å². The van der Waals surface area contributed by atoms with Gasteiger partial charge in [-0.1, -0.05) is 0 Å². The number of nitrogens with zero attached hydrogens (tertiary/aromatic N) is 1. The Labute approximate surface area is 72.8 Å². The first-order chi connectivity index (χ1) is 5.95. The molecule has 0 saturated carbocycles. The number of rotatable bonds is 3. The van der Waals surface area contributed by atoms with Crippen LogP contribution in [-0.2, 0) is 9.59 Å². The molecule has 0 rings (SSSR count). The van der Waals surface area contributed by atoms with Crippen LogP contribution in [0, 0.1) is 5.53 Å². The van der Waals surface area contributed by atoms with Crippen LogP contribution in [-0.4, -0.2) is 45.8 Å². The van der Waals surface area contributed by atoms with Crippen LogP contribution >= 0.6 is 0 Å². The van der Waals surface area contributed by atoms with E-state index in [0.717, 1.165) is 0 Å². The quantitative estimate of drug-likeness (QED) is 0.205. The predicted octanol–water partition coefficient (Wildman–Crippen LogP) is -3.56. The number of carboxylic acids is 2. The Hall–Kier alpha value is -1.76. The molecule has 74 valence electrons. The molecular weight excluding hydrogens is 182 g/mol. The van der Waals surface area contributed by atoms with E-state index in [-0.39, 0.29) is 0 Å². The van der Waals surface area contributed by atoms with Gasteiger partial charge < -0.3 is 25.8 Å². The van der Waals surface area contributed by atoms with Crippen LogP contribution in [0.4, 0.5) is 0 Å². The molecule has 0 aromatic rings. The van der Waals surface area contributed by atoms with Gasteiger partial charge in [-0.2, -0.15) is 0 Å². The highest BCUT2D eigenvalue weighted by molar-refractivity contribution is 6.18. The largest absolute Gasteiger partial charge is 0.539 e. The van der Waals surface area contributed by atoms with E-state index in [2.05, 4.69) is 4.79 Å². The molecule has 0 spiro atoms. The third kappa shape index (κ3) is 13.3. The second-order valence-corrected chi connectivity index (χ2v) is 1.70. The highest BCUT2D eigenvalue weighted by Crippen LogP contribution is 1.71. The molecule has 5 N–H and O–H groups in total. The highest BCUT2D eigenvalue weighted by Gasteiger charge is 2.06. The smallest absolute Gasteiger partial charge is 0.352 e. The van der Waals surface area contributed by atoms with Gasteiger partial charge in [0, 0.05) is 4.79 Å². The summed E-state index contributed by atoms with van der Waals surface area (Å²) in [6.45, 7) is -0.505. The first-order valence-corrected chi connectivity index (χ1v) is 2.95. The fourth-order valence-electron chi connectivity index (χ4n) is 0.131. The molecule has 0 aromatic carbocycles. The van der Waals surface area contributed by atoms with Crippen molar-refractivity contribution in [1.82, 2.24) is 0 Å². The van der Waals surface area contributed by atoms with Crippen LogP contribution in [0.3, 0.4) is 0 Å². The van der Waals surface area contributed by atoms with Gasteiger partial charge in [-0.25, -0.2) is 0 Å². The standard InChI is InChI=1S/C3H7NO3.C2H2N2O2/c4-2(1-5)3(6)7;3-4-1-2(5)6/h2,5H,1,4H2,(H,6,7);1,3H/t2-;/m0./s1. The van der Waals surface area contributed by atoms with E-state index in [0.29, 0.717) is 6.21 Å². The average Bonchev–Trinajstić information content (AvgIpc) is 2.03. The fourth-order valence-corrected chi connectivity index (χ4v) is 0.131. The third-order valence-electron chi connectivity index (χ3n) is 0.684. The minimum absolute atomic E-state index is 0.389. The molecular formula is C5H9N3O5. The monoisotopic (exact) mass is 191 g/mol. The molecule has 0 unspecified atom stereocenters. The number of hydrogen-bond donors (Lipinski definition) is 4. The number of hydrogen-bond acceptors (Lipinski definition) is 6. The molecule has 8 heteroatoms. The lowest BCUT2D eigenvalue weighted by Crippen LogP contribution is -2.33. The molecule has 0 amide bonds. The van der Waals surface area contributed by atoms with Gasteiger partial charge >= 0.3 is 12.2 Å². The van der Waals surface area contributed by atoms with Crippen molar-refractivity contribution in [2.45, 2.75) is 6.04 Å². The van der Waals surface area contributed by atoms with Gasteiger partial charge in [0.05, 0.1) is 12.1 Å². The Balaban J connectivity index is 0. The van der Waals surface area contributed by atoms with E-state index in [4.69, 9.17) is 21.5 Å². The maximum Gasteiger partial charge on any atom is 0.352 e. The minimum Gasteiger partial charge on any atom is -0.539 e. The van der Waals surface area contributed by atoms with Gasteiger partial charge in [-0.3, -0.25) is 4.79 Å². The molecule has 0 bridgehead atoms. The van der Waals surface area contributed by atoms with Gasteiger partial charge in [0.1, 0.15) is 6.04 Å². The average molecular weight is 191 g/mol. The van der Waals surface area contributed by atoms with Crippen molar-refractivity contribution in [3.05, 3.63) is 0 Å². The van der Waals surface area contributed by atoms with Crippen LogP contribution in [0.25, 0.3) is 0 Å². The molecule has 0 fully saturated rings. The van der Waals surface area contributed by atoms with Crippen LogP contribution in [0.2, 0.25) is 0 Å². The summed E-state index contributed by atoms with van der Waals surface area (Å²) < 4.78 is 0. The van der Waals surface area contributed by atoms with Gasteiger partial charge in [-0.05, 0) is 0 Å². The molecule has 0 aliphatic carbocycles.